The molecule has 0 N–H and O–H groups in total. The summed E-state index contributed by atoms with van der Waals surface area (Å²) in [6.45, 7) is 17.8. The summed E-state index contributed by atoms with van der Waals surface area (Å²) in [6, 6.07) is 0. The third-order valence-corrected chi connectivity index (χ3v) is 2.52. The van der Waals surface area contributed by atoms with E-state index in [2.05, 4.69) is 70.4 Å². The number of ether oxygens (including phenoxy) is 2. The molecule has 0 spiro atoms. The van der Waals surface area contributed by atoms with Crippen LogP contribution in [-0.2, 0) is 29.0 Å². The molecule has 119 valence electrons. The molecular weight excluding hydrogens is 341 g/mol. The predicted octanol–water partition coefficient (Wildman–Crippen LogP) is 2.82. The fraction of sp³-hybridized carbons (Fsp3) is 0.800. The zero-order valence-electron chi connectivity index (χ0n) is 13.6. The maximum atomic E-state index is 5.71. The first kappa shape index (κ1) is 19.9. The second-order valence-electron chi connectivity index (χ2n) is 6.81. The van der Waals surface area contributed by atoms with Crippen molar-refractivity contribution in [2.24, 2.45) is 0 Å². The van der Waals surface area contributed by atoms with Gasteiger partial charge in [-0.3, -0.25) is 0 Å². The molecule has 0 atom stereocenters. The molecule has 0 aliphatic carbocycles. The molecule has 0 aromatic rings. The van der Waals surface area contributed by atoms with E-state index in [4.69, 9.17) is 9.47 Å². The molecule has 0 fully saturated rings. The van der Waals surface area contributed by atoms with Crippen LogP contribution in [0.25, 0.3) is 0 Å². The third kappa shape index (κ3) is 9.73. The van der Waals surface area contributed by atoms with Gasteiger partial charge >= 0.3 is 19.5 Å². The van der Waals surface area contributed by atoms with Crippen molar-refractivity contribution in [3.63, 3.8) is 0 Å². The van der Waals surface area contributed by atoms with Crippen LogP contribution >= 0.6 is 0 Å². The van der Waals surface area contributed by atoms with Gasteiger partial charge in [0.25, 0.3) is 0 Å². The van der Waals surface area contributed by atoms with Crippen LogP contribution < -0.4 is 0 Å². The van der Waals surface area contributed by atoms with Gasteiger partial charge in [0.15, 0.2) is 0 Å². The Morgan fingerprint density at radius 3 is 1.45 bits per heavy atom. The Bertz CT molecular complexity index is 267. The Hall–Kier alpha value is -0.117. The SMILES string of the molecule is CC(C)(C)OCCN1C=CN(CCOC(C)(C)C)[CH-]1.[Ru+]. The second-order valence-corrected chi connectivity index (χ2v) is 6.81. The minimum atomic E-state index is -0.0658. The van der Waals surface area contributed by atoms with Crippen molar-refractivity contribution >= 4 is 0 Å². The van der Waals surface area contributed by atoms with Gasteiger partial charge in [0, 0.05) is 13.1 Å². The van der Waals surface area contributed by atoms with Crippen molar-refractivity contribution in [2.45, 2.75) is 52.7 Å². The van der Waals surface area contributed by atoms with E-state index in [-0.39, 0.29) is 30.7 Å². The standard InChI is InChI=1S/C15H29N2O2.Ru/c1-14(2,3)18-11-9-16-7-8-17(13-16)10-12-19-15(4,5)6;/h7-8,13H,9-12H2,1-6H3;/q-1;+1. The molecule has 0 unspecified atom stereocenters. The van der Waals surface area contributed by atoms with Crippen LogP contribution in [0.3, 0.4) is 0 Å². The summed E-state index contributed by atoms with van der Waals surface area (Å²) >= 11 is 0. The molecule has 0 aromatic carbocycles. The molecule has 1 aliphatic heterocycles. The summed E-state index contributed by atoms with van der Waals surface area (Å²) in [6.07, 6.45) is 4.15. The largest absolute Gasteiger partial charge is 1.00 e. The molecule has 20 heavy (non-hydrogen) atoms. The molecule has 1 radical (unpaired) electrons. The van der Waals surface area contributed by atoms with Gasteiger partial charge in [-0.15, -0.1) is 0 Å². The third-order valence-electron chi connectivity index (χ3n) is 2.52. The number of nitrogens with zero attached hydrogens (tertiary/aromatic N) is 2. The maximum absolute atomic E-state index is 5.71. The fourth-order valence-corrected chi connectivity index (χ4v) is 1.62. The Kier molecular flexibility index (Phi) is 8.31. The zero-order valence-corrected chi connectivity index (χ0v) is 15.4. The molecule has 4 nitrogen and oxygen atoms in total. The van der Waals surface area contributed by atoms with E-state index in [1.807, 2.05) is 0 Å². The topological polar surface area (TPSA) is 24.9 Å². The van der Waals surface area contributed by atoms with Gasteiger partial charge in [-0.2, -0.15) is 6.67 Å². The van der Waals surface area contributed by atoms with Crippen molar-refractivity contribution in [2.75, 3.05) is 26.3 Å². The van der Waals surface area contributed by atoms with Crippen LogP contribution in [0.2, 0.25) is 0 Å². The number of hydrogen-bond donors (Lipinski definition) is 0. The molecule has 1 heterocycles. The maximum Gasteiger partial charge on any atom is 1.00 e. The summed E-state index contributed by atoms with van der Waals surface area (Å²) in [5.74, 6) is 0. The first-order valence-corrected chi connectivity index (χ1v) is 6.98. The molecule has 0 aromatic heterocycles. The van der Waals surface area contributed by atoms with E-state index < -0.39 is 0 Å². The molecule has 0 bridgehead atoms. The van der Waals surface area contributed by atoms with Crippen LogP contribution in [-0.4, -0.2) is 47.3 Å². The molecule has 1 rings (SSSR count). The Labute approximate surface area is 137 Å². The normalized spacial score (nSPS) is 15.7. The average molecular weight is 370 g/mol. The second kappa shape index (κ2) is 8.36. The van der Waals surface area contributed by atoms with Crippen LogP contribution in [0.1, 0.15) is 41.5 Å². The molecule has 0 saturated carbocycles. The van der Waals surface area contributed by atoms with Crippen LogP contribution in [0.15, 0.2) is 12.4 Å². The first-order chi connectivity index (χ1) is 8.66. The van der Waals surface area contributed by atoms with Gasteiger partial charge in [-0.25, -0.2) is 0 Å². The molecular formula is C15H29N2O2Ru. The van der Waals surface area contributed by atoms with Crippen molar-refractivity contribution < 1.29 is 29.0 Å². The van der Waals surface area contributed by atoms with Crippen molar-refractivity contribution in [1.29, 1.82) is 0 Å². The molecule has 1 aliphatic rings. The summed E-state index contributed by atoms with van der Waals surface area (Å²) in [7, 11) is 0. The minimum absolute atomic E-state index is 0. The summed E-state index contributed by atoms with van der Waals surface area (Å²) in [5.41, 5.74) is -0.132. The van der Waals surface area contributed by atoms with Gasteiger partial charge in [-0.1, -0.05) is 0 Å². The zero-order chi connectivity index (χ0) is 14.5. The van der Waals surface area contributed by atoms with Gasteiger partial charge in [0.05, 0.1) is 24.4 Å². The van der Waals surface area contributed by atoms with Gasteiger partial charge in [0.1, 0.15) is 0 Å². The molecule has 5 heteroatoms. The van der Waals surface area contributed by atoms with E-state index in [0.717, 1.165) is 26.3 Å². The molecule has 0 saturated heterocycles. The van der Waals surface area contributed by atoms with Crippen molar-refractivity contribution in [3.05, 3.63) is 19.1 Å². The van der Waals surface area contributed by atoms with Gasteiger partial charge in [-0.05, 0) is 53.9 Å². The van der Waals surface area contributed by atoms with Gasteiger partial charge < -0.3 is 19.3 Å². The Morgan fingerprint density at radius 2 is 1.15 bits per heavy atom. The van der Waals surface area contributed by atoms with E-state index in [0.29, 0.717) is 0 Å². The van der Waals surface area contributed by atoms with E-state index >= 15 is 0 Å². The predicted molar refractivity (Wildman–Crippen MR) is 78.3 cm³/mol. The van der Waals surface area contributed by atoms with Crippen molar-refractivity contribution in [3.8, 4) is 0 Å². The summed E-state index contributed by atoms with van der Waals surface area (Å²) in [4.78, 5) is 4.28. The Balaban J connectivity index is 0.00000361. The quantitative estimate of drug-likeness (QED) is 0.530. The smallest absolute Gasteiger partial charge is 0.506 e. The average Bonchev–Trinajstić information content (AvgIpc) is 2.62. The minimum Gasteiger partial charge on any atom is -0.506 e. The van der Waals surface area contributed by atoms with E-state index in [1.54, 1.807) is 0 Å². The number of rotatable bonds is 6. The van der Waals surface area contributed by atoms with E-state index in [9.17, 15) is 0 Å². The van der Waals surface area contributed by atoms with Gasteiger partial charge in [0.2, 0.25) is 0 Å². The van der Waals surface area contributed by atoms with Crippen LogP contribution in [0.4, 0.5) is 0 Å². The van der Waals surface area contributed by atoms with Crippen molar-refractivity contribution in [1.82, 2.24) is 9.80 Å². The van der Waals surface area contributed by atoms with Crippen LogP contribution in [0.5, 0.6) is 0 Å². The van der Waals surface area contributed by atoms with E-state index in [1.165, 1.54) is 0 Å². The fourth-order valence-electron chi connectivity index (χ4n) is 1.62. The Morgan fingerprint density at radius 1 is 0.800 bits per heavy atom. The monoisotopic (exact) mass is 371 g/mol. The summed E-state index contributed by atoms with van der Waals surface area (Å²) < 4.78 is 11.4. The summed E-state index contributed by atoms with van der Waals surface area (Å²) in [5, 5.41) is 0. The molecule has 0 amide bonds. The number of hydrogen-bond acceptors (Lipinski definition) is 4. The first-order valence-electron chi connectivity index (χ1n) is 6.98. The van der Waals surface area contributed by atoms with Crippen LogP contribution in [0, 0.1) is 6.67 Å².